The van der Waals surface area contributed by atoms with Crippen LogP contribution in [0, 0.1) is 17.8 Å². The molecule has 2 nitrogen and oxygen atoms in total. The molecule has 2 heteroatoms. The third-order valence-corrected chi connectivity index (χ3v) is 3.98. The highest BCUT2D eigenvalue weighted by Crippen LogP contribution is 2.32. The second kappa shape index (κ2) is 5.50. The van der Waals surface area contributed by atoms with Crippen LogP contribution < -0.4 is 0 Å². The molecule has 1 saturated carbocycles. The smallest absolute Gasteiger partial charge is 0.0507 e. The van der Waals surface area contributed by atoms with Crippen molar-refractivity contribution in [3.05, 3.63) is 0 Å². The summed E-state index contributed by atoms with van der Waals surface area (Å²) in [5.74, 6) is 2.55. The van der Waals surface area contributed by atoms with Crippen molar-refractivity contribution in [1.82, 2.24) is 4.90 Å². The molecule has 0 amide bonds. The van der Waals surface area contributed by atoms with E-state index in [4.69, 9.17) is 4.74 Å². The van der Waals surface area contributed by atoms with Gasteiger partial charge in [-0.1, -0.05) is 20.8 Å². The van der Waals surface area contributed by atoms with Crippen LogP contribution in [0.25, 0.3) is 0 Å². The molecule has 2 aliphatic rings. The summed E-state index contributed by atoms with van der Waals surface area (Å²) in [6, 6.07) is 0.873. The Balaban J connectivity index is 1.81. The summed E-state index contributed by atoms with van der Waals surface area (Å²) in [4.78, 5) is 2.74. The van der Waals surface area contributed by atoms with Gasteiger partial charge in [0.05, 0.1) is 6.61 Å². The number of nitrogens with zero attached hydrogens (tertiary/aromatic N) is 1. The molecule has 16 heavy (non-hydrogen) atoms. The van der Waals surface area contributed by atoms with E-state index in [-0.39, 0.29) is 0 Å². The minimum absolute atomic E-state index is 0.790. The predicted molar refractivity (Wildman–Crippen MR) is 67.5 cm³/mol. The van der Waals surface area contributed by atoms with Crippen molar-refractivity contribution < 1.29 is 4.74 Å². The molecule has 1 atom stereocenters. The highest BCUT2D eigenvalue weighted by Gasteiger charge is 2.32. The van der Waals surface area contributed by atoms with Gasteiger partial charge in [0, 0.05) is 25.7 Å². The Morgan fingerprint density at radius 2 is 2.06 bits per heavy atom. The molecule has 0 bridgehead atoms. The molecular formula is C14H27NO. The maximum atomic E-state index is 5.49. The Bertz CT molecular complexity index is 205. The van der Waals surface area contributed by atoms with E-state index in [0.29, 0.717) is 0 Å². The van der Waals surface area contributed by atoms with E-state index in [1.165, 1.54) is 32.4 Å². The summed E-state index contributed by atoms with van der Waals surface area (Å²) in [7, 11) is 0. The number of hydrogen-bond donors (Lipinski definition) is 0. The largest absolute Gasteiger partial charge is 0.381 e. The molecule has 2 fully saturated rings. The maximum Gasteiger partial charge on any atom is 0.0507 e. The Hall–Kier alpha value is -0.0800. The number of rotatable bonds is 5. The molecule has 0 N–H and O–H groups in total. The van der Waals surface area contributed by atoms with E-state index in [0.717, 1.165) is 37.0 Å². The van der Waals surface area contributed by atoms with Crippen molar-refractivity contribution in [1.29, 1.82) is 0 Å². The third kappa shape index (κ3) is 3.21. The molecule has 2 rings (SSSR count). The van der Waals surface area contributed by atoms with Crippen LogP contribution >= 0.6 is 0 Å². The molecule has 0 radical (unpaired) electrons. The average Bonchev–Trinajstić information content (AvgIpc) is 2.64. The van der Waals surface area contributed by atoms with Crippen LogP contribution in [0.5, 0.6) is 0 Å². The predicted octanol–water partition coefficient (Wildman–Crippen LogP) is 2.78. The fourth-order valence-electron chi connectivity index (χ4n) is 3.06. The lowest BCUT2D eigenvalue weighted by Crippen LogP contribution is -2.47. The Kier molecular flexibility index (Phi) is 4.26. The summed E-state index contributed by atoms with van der Waals surface area (Å²) in [5.41, 5.74) is 0. The fourth-order valence-corrected chi connectivity index (χ4v) is 3.06. The SMILES string of the molecule is CC(C)CN(CC1CCOC1)C1CC(C)C1. The van der Waals surface area contributed by atoms with E-state index in [1.807, 2.05) is 0 Å². The average molecular weight is 225 g/mol. The van der Waals surface area contributed by atoms with E-state index < -0.39 is 0 Å². The molecule has 1 aliphatic heterocycles. The highest BCUT2D eigenvalue weighted by atomic mass is 16.5. The van der Waals surface area contributed by atoms with E-state index >= 15 is 0 Å². The van der Waals surface area contributed by atoms with Crippen LogP contribution in [-0.4, -0.2) is 37.2 Å². The third-order valence-electron chi connectivity index (χ3n) is 3.98. The van der Waals surface area contributed by atoms with Crippen LogP contribution in [0.15, 0.2) is 0 Å². The van der Waals surface area contributed by atoms with Crippen LogP contribution in [0.3, 0.4) is 0 Å². The summed E-state index contributed by atoms with van der Waals surface area (Å²) < 4.78 is 5.49. The van der Waals surface area contributed by atoms with Gasteiger partial charge in [0.15, 0.2) is 0 Å². The first-order chi connectivity index (χ1) is 7.65. The Labute approximate surface area is 100 Å². The van der Waals surface area contributed by atoms with Gasteiger partial charge in [-0.15, -0.1) is 0 Å². The van der Waals surface area contributed by atoms with Crippen molar-refractivity contribution in [2.75, 3.05) is 26.3 Å². The Morgan fingerprint density at radius 3 is 2.56 bits per heavy atom. The van der Waals surface area contributed by atoms with Crippen LogP contribution in [0.2, 0.25) is 0 Å². The quantitative estimate of drug-likeness (QED) is 0.713. The van der Waals surface area contributed by atoms with Gasteiger partial charge in [0.25, 0.3) is 0 Å². The van der Waals surface area contributed by atoms with Gasteiger partial charge < -0.3 is 4.74 Å². The van der Waals surface area contributed by atoms with Crippen molar-refractivity contribution in [2.45, 2.75) is 46.1 Å². The lowest BCUT2D eigenvalue weighted by Gasteiger charge is -2.43. The monoisotopic (exact) mass is 225 g/mol. The molecule has 0 spiro atoms. The van der Waals surface area contributed by atoms with Crippen LogP contribution in [0.1, 0.15) is 40.0 Å². The zero-order chi connectivity index (χ0) is 11.5. The second-order valence-electron chi connectivity index (χ2n) is 6.31. The normalized spacial score (nSPS) is 34.7. The first-order valence-corrected chi connectivity index (χ1v) is 6.97. The van der Waals surface area contributed by atoms with Crippen LogP contribution in [0.4, 0.5) is 0 Å². The molecule has 1 aliphatic carbocycles. The van der Waals surface area contributed by atoms with Crippen molar-refractivity contribution in [2.24, 2.45) is 17.8 Å². The molecule has 0 aromatic heterocycles. The molecule has 1 heterocycles. The standard InChI is InChI=1S/C14H27NO/c1-11(2)8-15(14-6-12(3)7-14)9-13-4-5-16-10-13/h11-14H,4-10H2,1-3H3. The fraction of sp³-hybridized carbons (Fsp3) is 1.00. The zero-order valence-corrected chi connectivity index (χ0v) is 11.1. The molecule has 1 unspecified atom stereocenters. The molecule has 1 saturated heterocycles. The summed E-state index contributed by atoms with van der Waals surface area (Å²) >= 11 is 0. The Morgan fingerprint density at radius 1 is 1.31 bits per heavy atom. The lowest BCUT2D eigenvalue weighted by atomic mass is 9.80. The van der Waals surface area contributed by atoms with E-state index in [2.05, 4.69) is 25.7 Å². The lowest BCUT2D eigenvalue weighted by molar-refractivity contribution is 0.0583. The van der Waals surface area contributed by atoms with Gasteiger partial charge in [0.2, 0.25) is 0 Å². The maximum absolute atomic E-state index is 5.49. The second-order valence-corrected chi connectivity index (χ2v) is 6.31. The molecular weight excluding hydrogens is 198 g/mol. The summed E-state index contributed by atoms with van der Waals surface area (Å²) in [6.07, 6.45) is 4.11. The minimum Gasteiger partial charge on any atom is -0.381 e. The van der Waals surface area contributed by atoms with E-state index in [1.54, 1.807) is 0 Å². The van der Waals surface area contributed by atoms with Gasteiger partial charge in [-0.25, -0.2) is 0 Å². The van der Waals surface area contributed by atoms with Crippen molar-refractivity contribution in [3.8, 4) is 0 Å². The van der Waals surface area contributed by atoms with Gasteiger partial charge >= 0.3 is 0 Å². The summed E-state index contributed by atoms with van der Waals surface area (Å²) in [5, 5.41) is 0. The van der Waals surface area contributed by atoms with Gasteiger partial charge in [-0.05, 0) is 37.0 Å². The van der Waals surface area contributed by atoms with E-state index in [9.17, 15) is 0 Å². The molecule has 94 valence electrons. The van der Waals surface area contributed by atoms with Crippen molar-refractivity contribution in [3.63, 3.8) is 0 Å². The zero-order valence-electron chi connectivity index (χ0n) is 11.1. The topological polar surface area (TPSA) is 12.5 Å². The summed E-state index contributed by atoms with van der Waals surface area (Å²) in [6.45, 7) is 11.6. The van der Waals surface area contributed by atoms with Crippen LogP contribution in [-0.2, 0) is 4.74 Å². The molecule has 0 aromatic rings. The first kappa shape index (κ1) is 12.4. The number of ether oxygens (including phenoxy) is 1. The van der Waals surface area contributed by atoms with Crippen molar-refractivity contribution >= 4 is 0 Å². The first-order valence-electron chi connectivity index (χ1n) is 6.97. The van der Waals surface area contributed by atoms with Gasteiger partial charge in [0.1, 0.15) is 0 Å². The highest BCUT2D eigenvalue weighted by molar-refractivity contribution is 4.86. The number of hydrogen-bond acceptors (Lipinski definition) is 2. The van der Waals surface area contributed by atoms with Gasteiger partial charge in [-0.2, -0.15) is 0 Å². The molecule has 0 aromatic carbocycles. The van der Waals surface area contributed by atoms with Gasteiger partial charge in [-0.3, -0.25) is 4.90 Å². The minimum atomic E-state index is 0.790.